The summed E-state index contributed by atoms with van der Waals surface area (Å²) in [6, 6.07) is 19.1. The maximum Gasteiger partial charge on any atom is 0.162 e. The third-order valence-electron chi connectivity index (χ3n) is 11.9. The molecule has 51 heavy (non-hydrogen) atoms. The normalized spacial score (nSPS) is 16.6. The fraction of sp³-hybridized carbons (Fsp3) is 0.522. The molecule has 2 aromatic carbocycles. The summed E-state index contributed by atoms with van der Waals surface area (Å²) in [4.78, 5) is 17.7. The number of carbonyl (C=O) groups excluding carboxylic acids is 1. The van der Waals surface area contributed by atoms with Crippen LogP contribution < -0.4 is 0 Å². The molecule has 0 atom stereocenters. The molecule has 0 saturated heterocycles. The summed E-state index contributed by atoms with van der Waals surface area (Å²) >= 11 is 1.81. The van der Waals surface area contributed by atoms with Gasteiger partial charge < -0.3 is 10.1 Å². The van der Waals surface area contributed by atoms with Crippen LogP contribution in [0.3, 0.4) is 0 Å². The predicted octanol–water partition coefficient (Wildman–Crippen LogP) is 13.8. The van der Waals surface area contributed by atoms with Crippen molar-refractivity contribution in [3.8, 4) is 21.7 Å². The number of hydrogen-bond acceptors (Lipinski definition) is 4. The molecule has 1 N–H and O–H groups in total. The van der Waals surface area contributed by atoms with Gasteiger partial charge in [0.15, 0.2) is 5.78 Å². The van der Waals surface area contributed by atoms with E-state index in [1.54, 1.807) is 0 Å². The summed E-state index contributed by atoms with van der Waals surface area (Å²) in [5.74, 6) is 1.27. The van der Waals surface area contributed by atoms with Crippen molar-refractivity contribution in [1.82, 2.24) is 4.98 Å². The zero-order chi connectivity index (χ0) is 36.7. The summed E-state index contributed by atoms with van der Waals surface area (Å²) < 4.78 is 9.54. The van der Waals surface area contributed by atoms with Gasteiger partial charge >= 0.3 is 0 Å². The van der Waals surface area contributed by atoms with Crippen LogP contribution >= 0.6 is 11.3 Å². The van der Waals surface area contributed by atoms with E-state index < -0.39 is 0 Å². The zero-order valence-electron chi connectivity index (χ0n) is 33.1. The van der Waals surface area contributed by atoms with E-state index in [0.29, 0.717) is 11.6 Å². The van der Waals surface area contributed by atoms with Gasteiger partial charge in [0.25, 0.3) is 0 Å². The zero-order valence-corrected chi connectivity index (χ0v) is 35.3. The molecule has 0 aliphatic heterocycles. The molecule has 277 valence electrons. The minimum atomic E-state index is 0. The van der Waals surface area contributed by atoms with E-state index in [-0.39, 0.29) is 43.5 Å². The van der Waals surface area contributed by atoms with Crippen molar-refractivity contribution in [3.05, 3.63) is 88.8 Å². The average molecular weight is 884 g/mol. The Morgan fingerprint density at radius 2 is 1.57 bits per heavy atom. The van der Waals surface area contributed by atoms with Crippen LogP contribution in [0.15, 0.2) is 60.5 Å². The molecule has 2 aliphatic rings. The second-order valence-electron chi connectivity index (χ2n) is 15.2. The molecule has 2 aliphatic carbocycles. The fourth-order valence-corrected chi connectivity index (χ4v) is 9.92. The number of aliphatic hydroxyl groups excluding tert-OH is 1. The first-order valence-corrected chi connectivity index (χ1v) is 20.3. The van der Waals surface area contributed by atoms with Gasteiger partial charge in [0.1, 0.15) is 0 Å². The summed E-state index contributed by atoms with van der Waals surface area (Å²) in [7, 11) is 0. The van der Waals surface area contributed by atoms with Crippen molar-refractivity contribution >= 4 is 27.2 Å². The quantitative estimate of drug-likeness (QED) is 0.0981. The molecule has 2 aromatic heterocycles. The second-order valence-corrected chi connectivity index (χ2v) is 16.3. The number of hydrogen-bond donors (Lipinski definition) is 1. The number of aromatic nitrogens is 1. The molecule has 3 nitrogen and oxygen atoms in total. The SMILES string of the molecule is CCC(CC)C(=O)/C=C(\O)C(CC)CC.[2H]c1cc2c(C)c(-c3ccc(C4CCC5(CCCCC5)CC4)cc3)sc2c(-c2[c-]c(C)cc(C)c2)n1.[Ir]. The largest absolute Gasteiger partial charge is 0.512 e. The maximum absolute atomic E-state index is 11.7. The molecule has 2 heterocycles. The van der Waals surface area contributed by atoms with E-state index in [1.807, 2.05) is 45.1 Å². The average Bonchev–Trinajstić information content (AvgIpc) is 3.45. The minimum Gasteiger partial charge on any atom is -0.512 e. The number of nitrogens with zero attached hydrogens (tertiary/aromatic N) is 1. The Hall–Kier alpha value is -2.59. The number of benzene rings is 2. The van der Waals surface area contributed by atoms with Crippen molar-refractivity contribution in [2.75, 3.05) is 0 Å². The van der Waals surface area contributed by atoms with Crippen LogP contribution in [0.25, 0.3) is 31.8 Å². The van der Waals surface area contributed by atoms with Gasteiger partial charge in [-0.05, 0) is 111 Å². The molecule has 0 unspecified atom stereocenters. The number of fused-ring (bicyclic) bond motifs is 1. The van der Waals surface area contributed by atoms with E-state index in [1.165, 1.54) is 91.0 Å². The third-order valence-corrected chi connectivity index (χ3v) is 13.2. The first kappa shape index (κ1) is 39.6. The van der Waals surface area contributed by atoms with Crippen LogP contribution in [-0.2, 0) is 24.9 Å². The van der Waals surface area contributed by atoms with Crippen molar-refractivity contribution < 1.29 is 31.4 Å². The van der Waals surface area contributed by atoms with E-state index in [0.717, 1.165) is 58.5 Å². The fourth-order valence-electron chi connectivity index (χ4n) is 8.62. The predicted molar refractivity (Wildman–Crippen MR) is 214 cm³/mol. The van der Waals surface area contributed by atoms with Crippen molar-refractivity contribution in [3.63, 3.8) is 0 Å². The summed E-state index contributed by atoms with van der Waals surface area (Å²) in [6.07, 6.45) is 18.1. The molecular formula is C46H60IrNO2S-. The van der Waals surface area contributed by atoms with Crippen molar-refractivity contribution in [2.45, 2.75) is 138 Å². The number of rotatable bonds is 10. The minimum absolute atomic E-state index is 0. The Morgan fingerprint density at radius 1 is 0.941 bits per heavy atom. The number of allylic oxidation sites excluding steroid dienone is 2. The van der Waals surface area contributed by atoms with Crippen LogP contribution in [0.1, 0.15) is 141 Å². The Labute approximate surface area is 327 Å². The van der Waals surface area contributed by atoms with Crippen molar-refractivity contribution in [2.24, 2.45) is 17.3 Å². The van der Waals surface area contributed by atoms with E-state index in [9.17, 15) is 9.90 Å². The number of pyridine rings is 1. The van der Waals surface area contributed by atoms with Gasteiger partial charge in [-0.1, -0.05) is 85.1 Å². The number of aryl methyl sites for hydroxylation is 3. The number of aliphatic hydroxyl groups is 1. The molecule has 2 saturated carbocycles. The Balaban J connectivity index is 0.000000323. The van der Waals surface area contributed by atoms with Crippen LogP contribution in [0.2, 0.25) is 0 Å². The third kappa shape index (κ3) is 9.89. The molecule has 2 fully saturated rings. The van der Waals surface area contributed by atoms with E-state index in [2.05, 4.69) is 68.2 Å². The molecule has 5 heteroatoms. The molecule has 1 spiro atoms. The van der Waals surface area contributed by atoms with Gasteiger partial charge in [0.2, 0.25) is 0 Å². The smallest absolute Gasteiger partial charge is 0.162 e. The van der Waals surface area contributed by atoms with Crippen LogP contribution in [0.5, 0.6) is 0 Å². The monoisotopic (exact) mass is 884 g/mol. The Kier molecular flexibility index (Phi) is 14.7. The Morgan fingerprint density at radius 3 is 2.16 bits per heavy atom. The van der Waals surface area contributed by atoms with Gasteiger partial charge in [0.05, 0.1) is 7.13 Å². The Bertz CT molecular complexity index is 1780. The first-order chi connectivity index (χ1) is 24.5. The van der Waals surface area contributed by atoms with Crippen LogP contribution in [0, 0.1) is 44.1 Å². The van der Waals surface area contributed by atoms with Crippen molar-refractivity contribution in [1.29, 1.82) is 0 Å². The van der Waals surface area contributed by atoms with Gasteiger partial charge in [-0.3, -0.25) is 4.79 Å². The standard InChI is InChI=1S/C33H36NS.C13H24O2.Ir/c1-22-19-23(2)21-28(20-22)30-32-29(13-18-34-30)24(3)31(35-32)27-9-7-25(8-10-27)26-11-16-33(17-12-26)14-5-4-6-15-33;1-5-10(6-2)12(14)9-13(15)11(7-3)8-4;/h7-10,13,18-20,26H,4-6,11-12,14-17H2,1-3H3;9-11,14H,5-8H2,1-4H3;/q-1;;/b;12-9-;/i18D;;. The van der Waals surface area contributed by atoms with E-state index in [4.69, 9.17) is 1.37 Å². The molecule has 1 radical (unpaired) electrons. The molecule has 4 aromatic rings. The summed E-state index contributed by atoms with van der Waals surface area (Å²) in [5.41, 5.74) is 8.91. The van der Waals surface area contributed by atoms with Gasteiger partial charge in [-0.25, -0.2) is 0 Å². The molecular weight excluding hydrogens is 823 g/mol. The van der Waals surface area contributed by atoms with E-state index >= 15 is 0 Å². The maximum atomic E-state index is 11.7. The topological polar surface area (TPSA) is 50.2 Å². The number of thiophene rings is 1. The summed E-state index contributed by atoms with van der Waals surface area (Å²) in [5, 5.41) is 10.9. The van der Waals surface area contributed by atoms with Crippen LogP contribution in [0.4, 0.5) is 0 Å². The summed E-state index contributed by atoms with van der Waals surface area (Å²) in [6.45, 7) is 14.5. The van der Waals surface area contributed by atoms with Crippen LogP contribution in [-0.4, -0.2) is 15.9 Å². The number of ketones is 1. The molecule has 6 rings (SSSR count). The molecule has 0 amide bonds. The first-order valence-electron chi connectivity index (χ1n) is 20.0. The van der Waals surface area contributed by atoms with Gasteiger partial charge in [-0.15, -0.1) is 46.2 Å². The number of carbonyl (C=O) groups is 1. The van der Waals surface area contributed by atoms with Gasteiger partial charge in [0, 0.05) is 59.5 Å². The molecule has 0 bridgehead atoms. The second kappa shape index (κ2) is 18.9. The van der Waals surface area contributed by atoms with Gasteiger partial charge in [-0.2, -0.15) is 0 Å².